The molecule has 1 unspecified atom stereocenters. The lowest BCUT2D eigenvalue weighted by molar-refractivity contribution is 0.0697. The van der Waals surface area contributed by atoms with Crippen LogP contribution in [0.25, 0.3) is 0 Å². The van der Waals surface area contributed by atoms with Crippen LogP contribution in [-0.4, -0.2) is 54.2 Å². The van der Waals surface area contributed by atoms with Gasteiger partial charge in [-0.1, -0.05) is 11.6 Å². The number of benzene rings is 1. The Bertz CT molecular complexity index is 578. The van der Waals surface area contributed by atoms with Crippen molar-refractivity contribution in [1.82, 2.24) is 10.2 Å². The maximum atomic E-state index is 11.6. The minimum absolute atomic E-state index is 0.0424. The van der Waals surface area contributed by atoms with Crippen LogP contribution in [0, 0.1) is 0 Å². The predicted octanol–water partition coefficient (Wildman–Crippen LogP) is 1.25. The Kier molecular flexibility index (Phi) is 3.17. The van der Waals surface area contributed by atoms with Crippen molar-refractivity contribution in [3.05, 3.63) is 28.8 Å². The van der Waals surface area contributed by atoms with Gasteiger partial charge in [0.2, 0.25) is 0 Å². The average Bonchev–Trinajstić information content (AvgIpc) is 2.79. The summed E-state index contributed by atoms with van der Waals surface area (Å²) in [5, 5.41) is 12.6. The molecule has 1 aromatic rings. The maximum absolute atomic E-state index is 11.6. The van der Waals surface area contributed by atoms with Crippen LogP contribution in [-0.2, 0) is 0 Å². The Morgan fingerprint density at radius 3 is 2.95 bits per heavy atom. The van der Waals surface area contributed by atoms with Gasteiger partial charge in [-0.3, -0.25) is 0 Å². The van der Waals surface area contributed by atoms with Gasteiger partial charge in [0, 0.05) is 31.2 Å². The van der Waals surface area contributed by atoms with Crippen molar-refractivity contribution >= 4 is 29.3 Å². The number of carboxylic acid groups (broad SMARTS) is 1. The highest BCUT2D eigenvalue weighted by atomic mass is 35.5. The third-order valence-corrected chi connectivity index (χ3v) is 4.00. The maximum Gasteiger partial charge on any atom is 0.337 e. The van der Waals surface area contributed by atoms with E-state index in [-0.39, 0.29) is 17.6 Å². The molecule has 1 aromatic carbocycles. The molecule has 0 aliphatic carbocycles. The Morgan fingerprint density at radius 2 is 2.20 bits per heavy atom. The second-order valence-electron chi connectivity index (χ2n) is 4.95. The molecule has 0 radical (unpaired) electrons. The number of halogens is 1. The Hall–Kier alpha value is -1.95. The first-order valence-corrected chi connectivity index (χ1v) is 6.76. The zero-order valence-corrected chi connectivity index (χ0v) is 11.4. The van der Waals surface area contributed by atoms with Gasteiger partial charge in [-0.05, 0) is 18.2 Å². The van der Waals surface area contributed by atoms with Gasteiger partial charge in [0.1, 0.15) is 0 Å². The lowest BCUT2D eigenvalue weighted by Crippen LogP contribution is -2.52. The number of rotatable bonds is 2. The molecule has 0 bridgehead atoms. The van der Waals surface area contributed by atoms with Crippen LogP contribution in [0.3, 0.4) is 0 Å². The fraction of sp³-hybridized carbons (Fsp3) is 0.385. The van der Waals surface area contributed by atoms with Crippen molar-refractivity contribution in [3.63, 3.8) is 0 Å². The molecule has 6 nitrogen and oxygen atoms in total. The first-order chi connectivity index (χ1) is 9.56. The summed E-state index contributed by atoms with van der Waals surface area (Å²) in [7, 11) is 0. The van der Waals surface area contributed by atoms with Crippen molar-refractivity contribution in [2.45, 2.75) is 6.04 Å². The quantitative estimate of drug-likeness (QED) is 0.861. The van der Waals surface area contributed by atoms with E-state index in [0.717, 1.165) is 0 Å². The van der Waals surface area contributed by atoms with E-state index in [4.69, 9.17) is 11.6 Å². The largest absolute Gasteiger partial charge is 0.478 e. The number of carbonyl (C=O) groups is 2. The number of carbonyl (C=O) groups excluding carboxylic acids is 1. The lowest BCUT2D eigenvalue weighted by Gasteiger charge is -2.38. The third kappa shape index (κ3) is 2.16. The average molecular weight is 296 g/mol. The summed E-state index contributed by atoms with van der Waals surface area (Å²) in [4.78, 5) is 26.6. The number of nitrogens with one attached hydrogen (secondary N) is 1. The second-order valence-corrected chi connectivity index (χ2v) is 5.38. The molecular formula is C13H14ClN3O3. The highest BCUT2D eigenvalue weighted by molar-refractivity contribution is 6.31. The SMILES string of the molecule is O=C(O)c1ccc(Cl)cc1N1CCN2C(=O)NCC2C1. The van der Waals surface area contributed by atoms with Crippen LogP contribution in [0.15, 0.2) is 18.2 Å². The number of nitrogens with zero attached hydrogens (tertiary/aromatic N) is 2. The molecule has 2 amide bonds. The van der Waals surface area contributed by atoms with Gasteiger partial charge in [0.25, 0.3) is 0 Å². The van der Waals surface area contributed by atoms with Crippen LogP contribution < -0.4 is 10.2 Å². The first kappa shape index (κ1) is 13.1. The molecule has 2 fully saturated rings. The van der Waals surface area contributed by atoms with Crippen molar-refractivity contribution in [2.75, 3.05) is 31.1 Å². The molecule has 2 heterocycles. The number of urea groups is 1. The number of fused-ring (bicyclic) bond motifs is 1. The zero-order valence-electron chi connectivity index (χ0n) is 10.7. The number of amides is 2. The molecule has 0 spiro atoms. The summed E-state index contributed by atoms with van der Waals surface area (Å²) in [6, 6.07) is 4.80. The van der Waals surface area contributed by atoms with Crippen LogP contribution in [0.2, 0.25) is 5.02 Å². The fourth-order valence-electron chi connectivity index (χ4n) is 2.77. The first-order valence-electron chi connectivity index (χ1n) is 6.38. The predicted molar refractivity (Wildman–Crippen MR) is 74.5 cm³/mol. The van der Waals surface area contributed by atoms with Gasteiger partial charge in [-0.15, -0.1) is 0 Å². The number of hydrogen-bond acceptors (Lipinski definition) is 3. The van der Waals surface area contributed by atoms with Crippen molar-refractivity contribution < 1.29 is 14.7 Å². The van der Waals surface area contributed by atoms with Crippen LogP contribution in [0.4, 0.5) is 10.5 Å². The minimum atomic E-state index is -0.972. The lowest BCUT2D eigenvalue weighted by atomic mass is 10.1. The summed E-state index contributed by atoms with van der Waals surface area (Å²) < 4.78 is 0. The number of aromatic carboxylic acids is 1. The summed E-state index contributed by atoms with van der Waals surface area (Å²) in [6.45, 7) is 2.39. The van der Waals surface area contributed by atoms with Crippen LogP contribution >= 0.6 is 11.6 Å². The van der Waals surface area contributed by atoms with Crippen LogP contribution in [0.5, 0.6) is 0 Å². The topological polar surface area (TPSA) is 72.9 Å². The summed E-state index contributed by atoms with van der Waals surface area (Å²) in [6.07, 6.45) is 0. The van der Waals surface area contributed by atoms with Gasteiger partial charge < -0.3 is 20.2 Å². The molecule has 0 saturated carbocycles. The van der Waals surface area contributed by atoms with E-state index in [1.165, 1.54) is 6.07 Å². The van der Waals surface area contributed by atoms with Crippen molar-refractivity contribution in [3.8, 4) is 0 Å². The van der Waals surface area contributed by atoms with Crippen LogP contribution in [0.1, 0.15) is 10.4 Å². The highest BCUT2D eigenvalue weighted by Crippen LogP contribution is 2.28. The molecule has 1 atom stereocenters. The van der Waals surface area contributed by atoms with E-state index in [2.05, 4.69) is 5.32 Å². The van der Waals surface area contributed by atoms with Crippen molar-refractivity contribution in [1.29, 1.82) is 0 Å². The summed E-state index contributed by atoms with van der Waals surface area (Å²) >= 11 is 5.98. The van der Waals surface area contributed by atoms with E-state index in [9.17, 15) is 14.7 Å². The highest BCUT2D eigenvalue weighted by Gasteiger charge is 2.36. The molecular weight excluding hydrogens is 282 g/mol. The molecule has 7 heteroatoms. The smallest absolute Gasteiger partial charge is 0.337 e. The van der Waals surface area contributed by atoms with E-state index in [1.807, 2.05) is 4.90 Å². The third-order valence-electron chi connectivity index (χ3n) is 3.76. The van der Waals surface area contributed by atoms with Gasteiger partial charge in [-0.2, -0.15) is 0 Å². The zero-order chi connectivity index (χ0) is 14.3. The monoisotopic (exact) mass is 295 g/mol. The number of piperazine rings is 1. The standard InChI is InChI=1S/C13H14ClN3O3/c14-8-1-2-10(12(18)19)11(5-8)16-3-4-17-9(7-16)6-15-13(17)20/h1-2,5,9H,3-4,6-7H2,(H,15,20)(H,18,19). The normalized spacial score (nSPS) is 21.6. The summed E-state index contributed by atoms with van der Waals surface area (Å²) in [5.74, 6) is -0.972. The molecule has 2 aliphatic heterocycles. The number of anilines is 1. The van der Waals surface area contributed by atoms with E-state index in [1.54, 1.807) is 17.0 Å². The van der Waals surface area contributed by atoms with Crippen molar-refractivity contribution in [2.24, 2.45) is 0 Å². The molecule has 2 N–H and O–H groups in total. The van der Waals surface area contributed by atoms with E-state index < -0.39 is 5.97 Å². The fourth-order valence-corrected chi connectivity index (χ4v) is 2.94. The molecule has 0 aromatic heterocycles. The minimum Gasteiger partial charge on any atom is -0.478 e. The van der Waals surface area contributed by atoms with E-state index >= 15 is 0 Å². The molecule has 2 saturated heterocycles. The Labute approximate surface area is 120 Å². The van der Waals surface area contributed by atoms with E-state index in [0.29, 0.717) is 36.9 Å². The number of hydrogen-bond donors (Lipinski definition) is 2. The van der Waals surface area contributed by atoms with Gasteiger partial charge >= 0.3 is 12.0 Å². The number of carboxylic acids is 1. The van der Waals surface area contributed by atoms with Gasteiger partial charge in [0.05, 0.1) is 17.3 Å². The molecule has 2 aliphatic rings. The molecule has 3 rings (SSSR count). The van der Waals surface area contributed by atoms with Gasteiger partial charge in [-0.25, -0.2) is 9.59 Å². The van der Waals surface area contributed by atoms with Gasteiger partial charge in [0.15, 0.2) is 0 Å². The Morgan fingerprint density at radius 1 is 1.40 bits per heavy atom. The molecule has 106 valence electrons. The Balaban J connectivity index is 1.89. The molecule has 20 heavy (non-hydrogen) atoms. The summed E-state index contributed by atoms with van der Waals surface area (Å²) in [5.41, 5.74) is 0.851. The second kappa shape index (κ2) is 4.86.